The predicted octanol–water partition coefficient (Wildman–Crippen LogP) is 2.53. The van der Waals surface area contributed by atoms with Crippen molar-refractivity contribution in [1.29, 1.82) is 0 Å². The van der Waals surface area contributed by atoms with E-state index >= 15 is 0 Å². The molecular weight excluding hydrogens is 198 g/mol. The van der Waals surface area contributed by atoms with Gasteiger partial charge in [-0.15, -0.1) is 0 Å². The van der Waals surface area contributed by atoms with Crippen LogP contribution in [0.1, 0.15) is 25.0 Å². The van der Waals surface area contributed by atoms with Gasteiger partial charge in [0.15, 0.2) is 0 Å². The molecule has 1 heterocycles. The van der Waals surface area contributed by atoms with Gasteiger partial charge in [0.1, 0.15) is 0 Å². The van der Waals surface area contributed by atoms with Gasteiger partial charge in [-0.3, -0.25) is 5.10 Å². The van der Waals surface area contributed by atoms with Gasteiger partial charge >= 0.3 is 0 Å². The molecule has 1 aromatic heterocycles. The number of aromatic nitrogens is 2. The molecule has 0 saturated heterocycles. The number of hydrogen-bond donors (Lipinski definition) is 2. The van der Waals surface area contributed by atoms with E-state index < -0.39 is 0 Å². The maximum absolute atomic E-state index is 5.55. The number of hydrogen-bond acceptors (Lipinski definition) is 2. The molecule has 3 N–H and O–H groups in total. The van der Waals surface area contributed by atoms with Crippen LogP contribution in [0.5, 0.6) is 0 Å². The van der Waals surface area contributed by atoms with Crippen LogP contribution in [0.2, 0.25) is 0 Å². The minimum absolute atomic E-state index is 0.440. The molecule has 3 heteroatoms. The number of benzene rings is 1. The number of rotatable bonds is 4. The van der Waals surface area contributed by atoms with Gasteiger partial charge in [0.05, 0.1) is 5.69 Å². The molecule has 1 unspecified atom stereocenters. The average molecular weight is 215 g/mol. The Balaban J connectivity index is 2.20. The first-order valence-electron chi connectivity index (χ1n) is 5.62. The Kier molecular flexibility index (Phi) is 3.37. The van der Waals surface area contributed by atoms with Crippen molar-refractivity contribution in [2.24, 2.45) is 5.73 Å². The summed E-state index contributed by atoms with van der Waals surface area (Å²) in [6.45, 7) is 2.87. The molecule has 0 spiro atoms. The monoisotopic (exact) mass is 215 g/mol. The Morgan fingerprint density at radius 3 is 2.75 bits per heavy atom. The van der Waals surface area contributed by atoms with Crippen LogP contribution in [0.3, 0.4) is 0 Å². The minimum Gasteiger partial charge on any atom is -0.330 e. The molecule has 1 aromatic carbocycles. The van der Waals surface area contributed by atoms with Crippen LogP contribution < -0.4 is 5.73 Å². The highest BCUT2D eigenvalue weighted by Gasteiger charge is 2.09. The summed E-state index contributed by atoms with van der Waals surface area (Å²) in [5.74, 6) is 0.440. The summed E-state index contributed by atoms with van der Waals surface area (Å²) >= 11 is 0. The van der Waals surface area contributed by atoms with Crippen molar-refractivity contribution in [2.45, 2.75) is 19.3 Å². The summed E-state index contributed by atoms with van der Waals surface area (Å²) in [7, 11) is 0. The maximum atomic E-state index is 5.55. The zero-order chi connectivity index (χ0) is 11.4. The lowest BCUT2D eigenvalue weighted by atomic mass is 10.0. The Labute approximate surface area is 95.7 Å². The molecular formula is C13H17N3. The summed E-state index contributed by atoms with van der Waals surface area (Å²) in [4.78, 5) is 0. The van der Waals surface area contributed by atoms with Gasteiger partial charge in [-0.05, 0) is 24.9 Å². The summed E-state index contributed by atoms with van der Waals surface area (Å²) in [6, 6.07) is 12.3. The summed E-state index contributed by atoms with van der Waals surface area (Å²) in [6.07, 6.45) is 0.983. The first kappa shape index (κ1) is 10.9. The highest BCUT2D eigenvalue weighted by molar-refractivity contribution is 5.59. The van der Waals surface area contributed by atoms with Gasteiger partial charge in [0.25, 0.3) is 0 Å². The second-order valence-corrected chi connectivity index (χ2v) is 4.05. The molecule has 0 aliphatic heterocycles. The smallest absolute Gasteiger partial charge is 0.0923 e. The molecule has 0 bridgehead atoms. The average Bonchev–Trinajstić information content (AvgIpc) is 2.80. The second kappa shape index (κ2) is 4.94. The van der Waals surface area contributed by atoms with E-state index in [1.54, 1.807) is 0 Å². The quantitative estimate of drug-likeness (QED) is 0.823. The van der Waals surface area contributed by atoms with E-state index in [0.29, 0.717) is 12.5 Å². The van der Waals surface area contributed by atoms with Crippen LogP contribution in [0, 0.1) is 0 Å². The lowest BCUT2D eigenvalue weighted by Gasteiger charge is -2.05. The van der Waals surface area contributed by atoms with Gasteiger partial charge in [0, 0.05) is 11.3 Å². The van der Waals surface area contributed by atoms with Crippen LogP contribution in [-0.4, -0.2) is 16.7 Å². The maximum Gasteiger partial charge on any atom is 0.0923 e. The largest absolute Gasteiger partial charge is 0.330 e. The molecule has 0 amide bonds. The van der Waals surface area contributed by atoms with Crippen molar-refractivity contribution in [3.8, 4) is 11.3 Å². The van der Waals surface area contributed by atoms with Crippen molar-refractivity contribution in [3.05, 3.63) is 42.1 Å². The number of nitrogens with one attached hydrogen (secondary N) is 1. The van der Waals surface area contributed by atoms with Crippen molar-refractivity contribution >= 4 is 0 Å². The van der Waals surface area contributed by atoms with Gasteiger partial charge < -0.3 is 5.73 Å². The fraction of sp³-hybridized carbons (Fsp3) is 0.308. The van der Waals surface area contributed by atoms with Crippen molar-refractivity contribution in [3.63, 3.8) is 0 Å². The summed E-state index contributed by atoms with van der Waals surface area (Å²) in [5.41, 5.74) is 8.85. The highest BCUT2D eigenvalue weighted by Crippen LogP contribution is 2.22. The molecule has 2 aromatic rings. The van der Waals surface area contributed by atoms with Gasteiger partial charge in [0.2, 0.25) is 0 Å². The summed E-state index contributed by atoms with van der Waals surface area (Å²) in [5, 5.41) is 7.41. The normalized spacial score (nSPS) is 12.6. The standard InChI is InChI=1S/C13H17N3/c1-10(7-8-14)12-9-13(16-15-12)11-5-3-2-4-6-11/h2-6,9-10H,7-8,14H2,1H3,(H,15,16). The lowest BCUT2D eigenvalue weighted by molar-refractivity contribution is 0.667. The predicted molar refractivity (Wildman–Crippen MR) is 66.1 cm³/mol. The number of H-pyrrole nitrogens is 1. The Morgan fingerprint density at radius 2 is 2.06 bits per heavy atom. The topological polar surface area (TPSA) is 54.7 Å². The van der Waals surface area contributed by atoms with Crippen molar-refractivity contribution < 1.29 is 0 Å². The van der Waals surface area contributed by atoms with Crippen LogP contribution >= 0.6 is 0 Å². The third-order valence-electron chi connectivity index (χ3n) is 2.80. The Morgan fingerprint density at radius 1 is 1.31 bits per heavy atom. The molecule has 0 saturated carbocycles. The van der Waals surface area contributed by atoms with E-state index in [9.17, 15) is 0 Å². The fourth-order valence-corrected chi connectivity index (χ4v) is 1.75. The Hall–Kier alpha value is -1.61. The van der Waals surface area contributed by atoms with Crippen LogP contribution in [-0.2, 0) is 0 Å². The molecule has 0 radical (unpaired) electrons. The van der Waals surface area contributed by atoms with Gasteiger partial charge in [-0.2, -0.15) is 5.10 Å². The van der Waals surface area contributed by atoms with Gasteiger partial charge in [-0.25, -0.2) is 0 Å². The van der Waals surface area contributed by atoms with Crippen molar-refractivity contribution in [2.75, 3.05) is 6.54 Å². The second-order valence-electron chi connectivity index (χ2n) is 4.05. The molecule has 2 rings (SSSR count). The molecule has 84 valence electrons. The van der Waals surface area contributed by atoms with Crippen molar-refractivity contribution in [1.82, 2.24) is 10.2 Å². The first-order valence-corrected chi connectivity index (χ1v) is 5.62. The third-order valence-corrected chi connectivity index (χ3v) is 2.80. The molecule has 0 fully saturated rings. The minimum atomic E-state index is 0.440. The molecule has 0 aliphatic rings. The molecule has 0 aliphatic carbocycles. The third kappa shape index (κ3) is 2.31. The van der Waals surface area contributed by atoms with Crippen LogP contribution in [0.4, 0.5) is 0 Å². The van der Waals surface area contributed by atoms with E-state index in [0.717, 1.165) is 23.4 Å². The first-order chi connectivity index (χ1) is 7.81. The number of nitrogens with zero attached hydrogens (tertiary/aromatic N) is 1. The van der Waals surface area contributed by atoms with E-state index in [1.165, 1.54) is 0 Å². The van der Waals surface area contributed by atoms with E-state index in [2.05, 4.69) is 35.3 Å². The van der Waals surface area contributed by atoms with E-state index in [1.807, 2.05) is 18.2 Å². The zero-order valence-electron chi connectivity index (χ0n) is 9.48. The SMILES string of the molecule is CC(CCN)c1cc(-c2ccccc2)n[nH]1. The lowest BCUT2D eigenvalue weighted by Crippen LogP contribution is -2.04. The van der Waals surface area contributed by atoms with E-state index in [4.69, 9.17) is 5.73 Å². The number of nitrogens with two attached hydrogens (primary N) is 1. The summed E-state index contributed by atoms with van der Waals surface area (Å²) < 4.78 is 0. The van der Waals surface area contributed by atoms with Gasteiger partial charge in [-0.1, -0.05) is 37.3 Å². The molecule has 3 nitrogen and oxygen atoms in total. The zero-order valence-corrected chi connectivity index (χ0v) is 9.48. The van der Waals surface area contributed by atoms with Crippen LogP contribution in [0.15, 0.2) is 36.4 Å². The molecule has 1 atom stereocenters. The fourth-order valence-electron chi connectivity index (χ4n) is 1.75. The Bertz CT molecular complexity index is 433. The van der Waals surface area contributed by atoms with E-state index in [-0.39, 0.29) is 0 Å². The molecule has 16 heavy (non-hydrogen) atoms. The number of aromatic amines is 1. The highest BCUT2D eigenvalue weighted by atomic mass is 15.1. The van der Waals surface area contributed by atoms with Crippen LogP contribution in [0.25, 0.3) is 11.3 Å².